The van der Waals surface area contributed by atoms with Crippen LogP contribution in [0.25, 0.3) is 10.8 Å². The lowest BCUT2D eigenvalue weighted by molar-refractivity contribution is 0.0567. The van der Waals surface area contributed by atoms with Gasteiger partial charge in [-0.3, -0.25) is 4.18 Å². The van der Waals surface area contributed by atoms with Crippen LogP contribution >= 0.6 is 0 Å². The molecule has 124 valence electrons. The highest BCUT2D eigenvalue weighted by Gasteiger charge is 2.33. The molecule has 0 aromatic heterocycles. The Morgan fingerprint density at radius 1 is 1.09 bits per heavy atom. The minimum atomic E-state index is -1.41. The van der Waals surface area contributed by atoms with Crippen molar-refractivity contribution in [2.45, 2.75) is 51.0 Å². The summed E-state index contributed by atoms with van der Waals surface area (Å²) in [6.45, 7) is 6.77. The number of benzene rings is 2. The molecule has 23 heavy (non-hydrogen) atoms. The summed E-state index contributed by atoms with van der Waals surface area (Å²) in [5, 5.41) is 2.14. The molecule has 2 nitrogen and oxygen atoms in total. The van der Waals surface area contributed by atoms with Crippen LogP contribution in [0.2, 0.25) is 0 Å². The third-order valence-corrected chi connectivity index (χ3v) is 6.24. The molecule has 0 aliphatic heterocycles. The summed E-state index contributed by atoms with van der Waals surface area (Å²) in [6.07, 6.45) is 3.54. The molecule has 4 atom stereocenters. The predicted octanol–water partition coefficient (Wildman–Crippen LogP) is 5.34. The van der Waals surface area contributed by atoms with Crippen molar-refractivity contribution < 1.29 is 8.39 Å². The second-order valence-corrected chi connectivity index (χ2v) is 8.27. The van der Waals surface area contributed by atoms with Crippen molar-refractivity contribution in [2.75, 3.05) is 0 Å². The van der Waals surface area contributed by atoms with Gasteiger partial charge < -0.3 is 0 Å². The van der Waals surface area contributed by atoms with Crippen LogP contribution in [0.15, 0.2) is 47.4 Å². The molecule has 0 N–H and O–H groups in total. The molecular weight excluding hydrogens is 304 g/mol. The van der Waals surface area contributed by atoms with Gasteiger partial charge in [0.15, 0.2) is 11.1 Å². The molecule has 4 unspecified atom stereocenters. The third kappa shape index (κ3) is 3.67. The highest BCUT2D eigenvalue weighted by atomic mass is 32.2. The van der Waals surface area contributed by atoms with Crippen molar-refractivity contribution >= 4 is 21.9 Å². The van der Waals surface area contributed by atoms with E-state index in [1.54, 1.807) is 0 Å². The van der Waals surface area contributed by atoms with Crippen LogP contribution in [0.3, 0.4) is 0 Å². The largest absolute Gasteiger partial charge is 0.283 e. The van der Waals surface area contributed by atoms with Crippen LogP contribution in [-0.4, -0.2) is 10.3 Å². The topological polar surface area (TPSA) is 26.3 Å². The average molecular weight is 330 g/mol. The van der Waals surface area contributed by atoms with Gasteiger partial charge in [0.05, 0.1) is 11.0 Å². The molecule has 0 amide bonds. The fraction of sp³-hybridized carbons (Fsp3) is 0.500. The highest BCUT2D eigenvalue weighted by Crippen LogP contribution is 2.36. The predicted molar refractivity (Wildman–Crippen MR) is 96.6 cm³/mol. The van der Waals surface area contributed by atoms with E-state index in [9.17, 15) is 4.21 Å². The minimum Gasteiger partial charge on any atom is -0.283 e. The minimum absolute atomic E-state index is 0.0959. The zero-order chi connectivity index (χ0) is 16.4. The van der Waals surface area contributed by atoms with E-state index in [4.69, 9.17) is 4.18 Å². The van der Waals surface area contributed by atoms with Crippen molar-refractivity contribution in [1.82, 2.24) is 0 Å². The van der Waals surface area contributed by atoms with E-state index in [0.29, 0.717) is 17.8 Å². The van der Waals surface area contributed by atoms with Crippen LogP contribution in [0, 0.1) is 17.8 Å². The first kappa shape index (κ1) is 16.7. The maximum absolute atomic E-state index is 12.9. The summed E-state index contributed by atoms with van der Waals surface area (Å²) in [4.78, 5) is 0.795. The first-order valence-corrected chi connectivity index (χ1v) is 9.70. The van der Waals surface area contributed by atoms with Crippen LogP contribution in [-0.2, 0) is 15.3 Å². The lowest BCUT2D eigenvalue weighted by atomic mass is 9.75. The van der Waals surface area contributed by atoms with Crippen molar-refractivity contribution in [2.24, 2.45) is 17.8 Å². The second kappa shape index (κ2) is 7.14. The quantitative estimate of drug-likeness (QED) is 0.756. The van der Waals surface area contributed by atoms with Crippen LogP contribution in [0.5, 0.6) is 0 Å². The maximum Gasteiger partial charge on any atom is 0.190 e. The van der Waals surface area contributed by atoms with Crippen LogP contribution in [0.1, 0.15) is 40.0 Å². The molecule has 2 aromatic carbocycles. The molecule has 0 heterocycles. The molecule has 3 rings (SSSR count). The molecule has 0 radical (unpaired) electrons. The molecule has 1 fully saturated rings. The zero-order valence-electron chi connectivity index (χ0n) is 14.2. The van der Waals surface area contributed by atoms with Gasteiger partial charge in [-0.05, 0) is 42.0 Å². The van der Waals surface area contributed by atoms with Gasteiger partial charge in [-0.25, -0.2) is 4.21 Å². The van der Waals surface area contributed by atoms with Gasteiger partial charge in [0.1, 0.15) is 0 Å². The Balaban J connectivity index is 1.84. The van der Waals surface area contributed by atoms with Crippen molar-refractivity contribution in [3.63, 3.8) is 0 Å². The van der Waals surface area contributed by atoms with Gasteiger partial charge in [-0.15, -0.1) is 0 Å². The number of fused-ring (bicyclic) bond motifs is 1. The summed E-state index contributed by atoms with van der Waals surface area (Å²) < 4.78 is 19.0. The van der Waals surface area contributed by atoms with Gasteiger partial charge in [0.25, 0.3) is 0 Å². The van der Waals surface area contributed by atoms with E-state index in [0.717, 1.165) is 22.1 Å². The van der Waals surface area contributed by atoms with Gasteiger partial charge in [0, 0.05) is 5.39 Å². The van der Waals surface area contributed by atoms with Gasteiger partial charge in [-0.2, -0.15) is 0 Å². The molecule has 0 spiro atoms. The smallest absolute Gasteiger partial charge is 0.190 e. The van der Waals surface area contributed by atoms with Gasteiger partial charge in [0.2, 0.25) is 0 Å². The van der Waals surface area contributed by atoms with E-state index >= 15 is 0 Å². The lowest BCUT2D eigenvalue weighted by Crippen LogP contribution is -2.34. The molecule has 1 saturated carbocycles. The molecule has 1 aliphatic rings. The number of hydrogen-bond acceptors (Lipinski definition) is 2. The van der Waals surface area contributed by atoms with E-state index in [-0.39, 0.29) is 6.10 Å². The van der Waals surface area contributed by atoms with E-state index in [2.05, 4.69) is 32.9 Å². The Labute approximate surface area is 141 Å². The van der Waals surface area contributed by atoms with E-state index in [1.807, 2.05) is 30.3 Å². The maximum atomic E-state index is 12.9. The second-order valence-electron chi connectivity index (χ2n) is 7.17. The highest BCUT2D eigenvalue weighted by molar-refractivity contribution is 7.80. The molecular formula is C20H26O2S. The third-order valence-electron chi connectivity index (χ3n) is 5.10. The molecule has 3 heteroatoms. The fourth-order valence-electron chi connectivity index (χ4n) is 3.73. The Morgan fingerprint density at radius 3 is 2.61 bits per heavy atom. The lowest BCUT2D eigenvalue weighted by Gasteiger charge is -2.36. The zero-order valence-corrected chi connectivity index (χ0v) is 15.0. The van der Waals surface area contributed by atoms with Crippen LogP contribution < -0.4 is 0 Å². The summed E-state index contributed by atoms with van der Waals surface area (Å²) in [5.74, 6) is 1.72. The molecule has 0 bridgehead atoms. The molecule has 1 aliphatic carbocycles. The summed E-state index contributed by atoms with van der Waals surface area (Å²) in [6, 6.07) is 14.0. The number of hydrogen-bond donors (Lipinski definition) is 0. The van der Waals surface area contributed by atoms with Crippen molar-refractivity contribution in [3.8, 4) is 0 Å². The average Bonchev–Trinajstić information content (AvgIpc) is 2.54. The summed E-state index contributed by atoms with van der Waals surface area (Å²) in [5.41, 5.74) is 0. The normalized spacial score (nSPS) is 26.5. The first-order chi connectivity index (χ1) is 11.1. The Morgan fingerprint density at radius 2 is 1.83 bits per heavy atom. The Hall–Kier alpha value is -1.19. The summed E-state index contributed by atoms with van der Waals surface area (Å²) >= 11 is -1.41. The summed E-state index contributed by atoms with van der Waals surface area (Å²) in [7, 11) is 0. The molecule has 2 aromatic rings. The first-order valence-electron chi connectivity index (χ1n) is 8.63. The number of rotatable bonds is 4. The SMILES string of the molecule is CC1CCC(C(C)C)C(OS(=O)c2cccc3ccccc23)C1. The molecule has 0 saturated heterocycles. The van der Waals surface area contributed by atoms with E-state index in [1.165, 1.54) is 12.8 Å². The fourth-order valence-corrected chi connectivity index (χ4v) is 4.84. The van der Waals surface area contributed by atoms with Crippen molar-refractivity contribution in [1.29, 1.82) is 0 Å². The van der Waals surface area contributed by atoms with Crippen LogP contribution in [0.4, 0.5) is 0 Å². The van der Waals surface area contributed by atoms with Gasteiger partial charge >= 0.3 is 0 Å². The standard InChI is InChI=1S/C20H26O2S/c1-14(2)17-12-11-15(3)13-19(17)22-23(21)20-10-6-8-16-7-4-5-9-18(16)20/h4-10,14-15,17,19H,11-13H2,1-3H3. The van der Waals surface area contributed by atoms with E-state index < -0.39 is 11.1 Å². The Bertz CT molecular complexity index is 690. The van der Waals surface area contributed by atoms with Crippen molar-refractivity contribution in [3.05, 3.63) is 42.5 Å². The Kier molecular flexibility index (Phi) is 5.17. The monoisotopic (exact) mass is 330 g/mol. The van der Waals surface area contributed by atoms with Gasteiger partial charge in [-0.1, -0.05) is 63.6 Å².